The molecule has 3 rings (SSSR count). The Hall–Kier alpha value is -2.39. The maximum Gasteiger partial charge on any atom is 0.418 e. The van der Waals surface area contributed by atoms with Gasteiger partial charge in [-0.15, -0.1) is 11.8 Å². The molecule has 2 amide bonds. The first-order chi connectivity index (χ1) is 16.5. The van der Waals surface area contributed by atoms with Gasteiger partial charge in [0.05, 0.1) is 27.1 Å². The number of carbonyl (C=O) groups is 2. The van der Waals surface area contributed by atoms with Gasteiger partial charge in [0.25, 0.3) is 5.91 Å². The Kier molecular flexibility index (Phi) is 8.99. The highest BCUT2D eigenvalue weighted by atomic mass is 35.5. The summed E-state index contributed by atoms with van der Waals surface area (Å²) in [6.45, 7) is 1.75. The van der Waals surface area contributed by atoms with Crippen LogP contribution >= 0.6 is 46.6 Å². The summed E-state index contributed by atoms with van der Waals surface area (Å²) < 4.78 is 40.1. The number of hydrogen-bond donors (Lipinski definition) is 2. The summed E-state index contributed by atoms with van der Waals surface area (Å²) in [5.74, 6) is -1.03. The number of thioether (sulfide) groups is 1. The average Bonchev–Trinajstić information content (AvgIpc) is 2.78. The van der Waals surface area contributed by atoms with Crippen molar-refractivity contribution in [2.75, 3.05) is 10.6 Å². The lowest BCUT2D eigenvalue weighted by Crippen LogP contribution is -2.26. The molecule has 0 bridgehead atoms. The van der Waals surface area contributed by atoms with Gasteiger partial charge in [-0.3, -0.25) is 9.59 Å². The lowest BCUT2D eigenvalue weighted by atomic mass is 10.1. The second-order valence-corrected chi connectivity index (χ2v) is 9.85. The first kappa shape index (κ1) is 27.2. The molecule has 184 valence electrons. The zero-order valence-electron chi connectivity index (χ0n) is 18.1. The normalized spacial score (nSPS) is 12.2. The van der Waals surface area contributed by atoms with Crippen molar-refractivity contribution in [1.82, 2.24) is 0 Å². The summed E-state index contributed by atoms with van der Waals surface area (Å²) >= 11 is 18.8. The highest BCUT2D eigenvalue weighted by Gasteiger charge is 2.34. The average molecular weight is 562 g/mol. The van der Waals surface area contributed by atoms with Gasteiger partial charge < -0.3 is 10.6 Å². The van der Waals surface area contributed by atoms with E-state index in [4.69, 9.17) is 34.8 Å². The van der Waals surface area contributed by atoms with Crippen LogP contribution in [0.5, 0.6) is 0 Å². The fourth-order valence-corrected chi connectivity index (χ4v) is 4.76. The van der Waals surface area contributed by atoms with Crippen molar-refractivity contribution >= 4 is 69.8 Å². The van der Waals surface area contributed by atoms with Crippen LogP contribution in [0.15, 0.2) is 65.6 Å². The Morgan fingerprint density at radius 3 is 2.29 bits per heavy atom. The third kappa shape index (κ3) is 7.30. The largest absolute Gasteiger partial charge is 0.418 e. The number of alkyl halides is 3. The van der Waals surface area contributed by atoms with E-state index in [9.17, 15) is 22.8 Å². The summed E-state index contributed by atoms with van der Waals surface area (Å²) in [6.07, 6.45) is -4.33. The molecule has 0 aliphatic carbocycles. The summed E-state index contributed by atoms with van der Waals surface area (Å²) in [5, 5.41) is 4.91. The molecule has 0 aliphatic heterocycles. The van der Waals surface area contributed by atoms with E-state index in [1.165, 1.54) is 18.2 Å². The molecule has 0 aliphatic rings. The number of benzene rings is 3. The van der Waals surface area contributed by atoms with Crippen molar-refractivity contribution in [1.29, 1.82) is 0 Å². The Bertz CT molecular complexity index is 1250. The van der Waals surface area contributed by atoms with E-state index in [2.05, 4.69) is 10.6 Å². The molecule has 1 unspecified atom stereocenters. The zero-order valence-corrected chi connectivity index (χ0v) is 21.1. The van der Waals surface area contributed by atoms with E-state index in [1.807, 2.05) is 0 Å². The van der Waals surface area contributed by atoms with E-state index >= 15 is 0 Å². The highest BCUT2D eigenvalue weighted by Crippen LogP contribution is 2.37. The maximum atomic E-state index is 13.4. The molecule has 3 aromatic carbocycles. The first-order valence-corrected chi connectivity index (χ1v) is 12.2. The minimum absolute atomic E-state index is 0.0875. The molecule has 11 heteroatoms. The molecule has 4 nitrogen and oxygen atoms in total. The first-order valence-electron chi connectivity index (χ1n) is 10.2. The van der Waals surface area contributed by atoms with Crippen molar-refractivity contribution in [3.63, 3.8) is 0 Å². The number of halogens is 6. The number of anilines is 2. The van der Waals surface area contributed by atoms with Crippen LogP contribution in [0.25, 0.3) is 0 Å². The van der Waals surface area contributed by atoms with Crippen molar-refractivity contribution in [2.24, 2.45) is 0 Å². The predicted octanol–water partition coefficient (Wildman–Crippen LogP) is 8.43. The van der Waals surface area contributed by atoms with Crippen molar-refractivity contribution < 1.29 is 22.8 Å². The van der Waals surface area contributed by atoms with Crippen LogP contribution in [0.4, 0.5) is 24.5 Å². The topological polar surface area (TPSA) is 58.2 Å². The molecular formula is C24H18Cl3F3N2O2S. The van der Waals surface area contributed by atoms with Gasteiger partial charge in [-0.1, -0.05) is 47.8 Å². The number of rotatable bonds is 7. The van der Waals surface area contributed by atoms with Crippen LogP contribution in [0.3, 0.4) is 0 Å². The Labute approximate surface area is 219 Å². The van der Waals surface area contributed by atoms with Crippen LogP contribution in [-0.2, 0) is 11.0 Å². The van der Waals surface area contributed by atoms with E-state index in [0.29, 0.717) is 22.0 Å². The minimum Gasteiger partial charge on any atom is -0.325 e. The second-order valence-electron chi connectivity index (χ2n) is 7.30. The molecule has 0 saturated heterocycles. The number of nitrogens with one attached hydrogen (secondary N) is 2. The standard InChI is InChI=1S/C24H18Cl3F3N2O2S/c1-2-21(23(34)32-20-9-7-13(25)10-18(20)24(28,29)30)35-16-5-3-4-15(12-16)31-22(33)17-8-6-14(26)11-19(17)27/h3-12,21H,2H2,1H3,(H,31,33)(H,32,34). The Morgan fingerprint density at radius 1 is 0.943 bits per heavy atom. The molecule has 3 aromatic rings. The summed E-state index contributed by atoms with van der Waals surface area (Å²) in [7, 11) is 0. The fraction of sp³-hybridized carbons (Fsp3) is 0.167. The van der Waals surface area contributed by atoms with E-state index < -0.39 is 28.8 Å². The maximum absolute atomic E-state index is 13.4. The van der Waals surface area contributed by atoms with Gasteiger partial charge in [0.2, 0.25) is 5.91 Å². The molecule has 35 heavy (non-hydrogen) atoms. The third-order valence-corrected chi connectivity index (χ3v) is 6.90. The van der Waals surface area contributed by atoms with Crippen LogP contribution in [-0.4, -0.2) is 17.1 Å². The van der Waals surface area contributed by atoms with Crippen LogP contribution < -0.4 is 10.6 Å². The summed E-state index contributed by atoms with van der Waals surface area (Å²) in [4.78, 5) is 26.0. The molecular weight excluding hydrogens is 544 g/mol. The van der Waals surface area contributed by atoms with Gasteiger partial charge >= 0.3 is 6.18 Å². The van der Waals surface area contributed by atoms with Crippen molar-refractivity contribution in [2.45, 2.75) is 29.7 Å². The van der Waals surface area contributed by atoms with Gasteiger partial charge in [-0.2, -0.15) is 13.2 Å². The zero-order chi connectivity index (χ0) is 25.8. The smallest absolute Gasteiger partial charge is 0.325 e. The lowest BCUT2D eigenvalue weighted by molar-refractivity contribution is -0.137. The molecule has 1 atom stereocenters. The Balaban J connectivity index is 1.73. The van der Waals surface area contributed by atoms with Gasteiger partial charge in [0.15, 0.2) is 0 Å². The Morgan fingerprint density at radius 2 is 1.63 bits per heavy atom. The van der Waals surface area contributed by atoms with E-state index in [1.54, 1.807) is 37.3 Å². The van der Waals surface area contributed by atoms with E-state index in [0.717, 1.165) is 23.9 Å². The molecule has 0 aromatic heterocycles. The lowest BCUT2D eigenvalue weighted by Gasteiger charge is -2.18. The van der Waals surface area contributed by atoms with Crippen LogP contribution in [0.1, 0.15) is 29.3 Å². The molecule has 0 spiro atoms. The molecule has 0 heterocycles. The number of amides is 2. The van der Waals surface area contributed by atoms with E-state index in [-0.39, 0.29) is 21.3 Å². The minimum atomic E-state index is -4.68. The molecule has 2 N–H and O–H groups in total. The molecule has 0 saturated carbocycles. The van der Waals surface area contributed by atoms with Crippen LogP contribution in [0, 0.1) is 0 Å². The van der Waals surface area contributed by atoms with Gasteiger partial charge in [0, 0.05) is 20.6 Å². The van der Waals surface area contributed by atoms with Gasteiger partial charge in [0.1, 0.15) is 0 Å². The predicted molar refractivity (Wildman–Crippen MR) is 136 cm³/mol. The number of carbonyl (C=O) groups excluding carboxylic acids is 2. The van der Waals surface area contributed by atoms with Gasteiger partial charge in [-0.25, -0.2) is 0 Å². The second kappa shape index (κ2) is 11.6. The van der Waals surface area contributed by atoms with Crippen molar-refractivity contribution in [3.05, 3.63) is 86.9 Å². The molecule has 0 radical (unpaired) electrons. The number of hydrogen-bond acceptors (Lipinski definition) is 3. The quantitative estimate of drug-likeness (QED) is 0.285. The third-order valence-electron chi connectivity index (χ3n) is 4.75. The highest BCUT2D eigenvalue weighted by molar-refractivity contribution is 8.00. The van der Waals surface area contributed by atoms with Crippen molar-refractivity contribution in [3.8, 4) is 0 Å². The molecule has 0 fully saturated rings. The fourth-order valence-electron chi connectivity index (χ4n) is 3.08. The monoisotopic (exact) mass is 560 g/mol. The van der Waals surface area contributed by atoms with Crippen LogP contribution in [0.2, 0.25) is 15.1 Å². The summed E-state index contributed by atoms with van der Waals surface area (Å²) in [5.41, 5.74) is -0.697. The summed E-state index contributed by atoms with van der Waals surface area (Å²) in [6, 6.07) is 14.4. The van der Waals surface area contributed by atoms with Gasteiger partial charge in [-0.05, 0) is 61.0 Å². The SMILES string of the molecule is CCC(Sc1cccc(NC(=O)c2ccc(Cl)cc2Cl)c1)C(=O)Nc1ccc(Cl)cc1C(F)(F)F.